The summed E-state index contributed by atoms with van der Waals surface area (Å²) in [6.07, 6.45) is 4.66. The third-order valence-electron chi connectivity index (χ3n) is 2.47. The first-order valence-corrected chi connectivity index (χ1v) is 5.84. The first-order valence-electron chi connectivity index (χ1n) is 5.84. The van der Waals surface area contributed by atoms with Gasteiger partial charge in [-0.1, -0.05) is 30.3 Å². The van der Waals surface area contributed by atoms with E-state index in [2.05, 4.69) is 12.1 Å². The predicted octanol–water partition coefficient (Wildman–Crippen LogP) is 3.39. The Hall–Kier alpha value is -1.31. The van der Waals surface area contributed by atoms with Crippen LogP contribution in [0.25, 0.3) is 0 Å². The van der Waals surface area contributed by atoms with Gasteiger partial charge in [-0.05, 0) is 18.4 Å². The second-order valence-corrected chi connectivity index (χ2v) is 5.06. The molecule has 1 aromatic rings. The van der Waals surface area contributed by atoms with Crippen LogP contribution >= 0.6 is 0 Å². The van der Waals surface area contributed by atoms with Gasteiger partial charge in [0.25, 0.3) is 0 Å². The third-order valence-corrected chi connectivity index (χ3v) is 2.47. The van der Waals surface area contributed by atoms with E-state index in [0.29, 0.717) is 0 Å². The maximum atomic E-state index is 11.5. The molecule has 0 aliphatic carbocycles. The van der Waals surface area contributed by atoms with Crippen molar-refractivity contribution >= 4 is 6.21 Å². The summed E-state index contributed by atoms with van der Waals surface area (Å²) < 4.78 is 1.05. The van der Waals surface area contributed by atoms with Gasteiger partial charge in [-0.2, -0.15) is 0 Å². The lowest BCUT2D eigenvalue weighted by Crippen LogP contribution is -2.29. The molecular formula is C14H21NO. The van der Waals surface area contributed by atoms with E-state index in [1.807, 2.05) is 39.0 Å². The average molecular weight is 219 g/mol. The van der Waals surface area contributed by atoms with E-state index in [-0.39, 0.29) is 5.54 Å². The second-order valence-electron chi connectivity index (χ2n) is 5.06. The fourth-order valence-corrected chi connectivity index (χ4v) is 1.43. The molecule has 0 aromatic heterocycles. The average Bonchev–Trinajstić information content (AvgIpc) is 2.24. The molecule has 0 unspecified atom stereocenters. The molecule has 0 bridgehead atoms. The minimum absolute atomic E-state index is 0.313. The largest absolute Gasteiger partial charge is 0.624 e. The molecular weight excluding hydrogens is 198 g/mol. The van der Waals surface area contributed by atoms with Crippen LogP contribution in [0.1, 0.15) is 39.2 Å². The number of unbranched alkanes of at least 4 members (excludes halogenated alkanes) is 1. The topological polar surface area (TPSA) is 26.1 Å². The summed E-state index contributed by atoms with van der Waals surface area (Å²) in [5.74, 6) is 0. The van der Waals surface area contributed by atoms with Crippen LogP contribution in [0.4, 0.5) is 0 Å². The molecule has 0 spiro atoms. The van der Waals surface area contributed by atoms with Crippen molar-refractivity contribution in [3.63, 3.8) is 0 Å². The zero-order valence-corrected chi connectivity index (χ0v) is 10.4. The van der Waals surface area contributed by atoms with E-state index in [1.54, 1.807) is 6.21 Å². The molecule has 0 aliphatic heterocycles. The summed E-state index contributed by atoms with van der Waals surface area (Å²) in [6.45, 7) is 5.77. The van der Waals surface area contributed by atoms with Crippen LogP contribution in [0.2, 0.25) is 0 Å². The van der Waals surface area contributed by atoms with Gasteiger partial charge < -0.3 is 5.21 Å². The highest BCUT2D eigenvalue weighted by atomic mass is 16.5. The Kier molecular flexibility index (Phi) is 4.53. The number of hydroxylamine groups is 1. The first kappa shape index (κ1) is 12.8. The number of hydrogen-bond acceptors (Lipinski definition) is 1. The number of nitrogens with zero attached hydrogens (tertiary/aromatic N) is 1. The Balaban J connectivity index is 2.32. The molecule has 0 atom stereocenters. The molecule has 0 radical (unpaired) electrons. The van der Waals surface area contributed by atoms with Gasteiger partial charge in [0.1, 0.15) is 0 Å². The predicted molar refractivity (Wildman–Crippen MR) is 68.8 cm³/mol. The van der Waals surface area contributed by atoms with E-state index in [1.165, 1.54) is 5.56 Å². The van der Waals surface area contributed by atoms with Gasteiger partial charge in [-0.25, -0.2) is 4.74 Å². The van der Waals surface area contributed by atoms with Gasteiger partial charge in [0, 0.05) is 27.2 Å². The quantitative estimate of drug-likeness (QED) is 0.250. The van der Waals surface area contributed by atoms with Crippen LogP contribution in [0.15, 0.2) is 30.3 Å². The molecule has 0 N–H and O–H groups in total. The van der Waals surface area contributed by atoms with Gasteiger partial charge in [0.2, 0.25) is 0 Å². The molecule has 0 fully saturated rings. The third kappa shape index (κ3) is 4.47. The normalized spacial score (nSPS) is 12.8. The Labute approximate surface area is 98.2 Å². The van der Waals surface area contributed by atoms with Crippen molar-refractivity contribution in [1.82, 2.24) is 0 Å². The lowest BCUT2D eigenvalue weighted by atomic mass is 10.1. The molecule has 2 heteroatoms. The van der Waals surface area contributed by atoms with Gasteiger partial charge in [0.05, 0.1) is 0 Å². The summed E-state index contributed by atoms with van der Waals surface area (Å²) in [4.78, 5) is 0. The minimum Gasteiger partial charge on any atom is -0.624 e. The summed E-state index contributed by atoms with van der Waals surface area (Å²) >= 11 is 0. The van der Waals surface area contributed by atoms with Crippen molar-refractivity contribution in [3.05, 3.63) is 41.1 Å². The Morgan fingerprint density at radius 3 is 2.38 bits per heavy atom. The van der Waals surface area contributed by atoms with E-state index in [9.17, 15) is 5.21 Å². The second kappa shape index (κ2) is 5.69. The van der Waals surface area contributed by atoms with Gasteiger partial charge >= 0.3 is 0 Å². The van der Waals surface area contributed by atoms with Crippen molar-refractivity contribution in [1.29, 1.82) is 0 Å². The van der Waals surface area contributed by atoms with Crippen LogP contribution in [-0.2, 0) is 6.42 Å². The SMILES string of the molecule is CC(C)(C)/[N+]([O-])=C\CCCc1ccccc1. The lowest BCUT2D eigenvalue weighted by molar-refractivity contribution is -0.532. The molecule has 1 rings (SSSR count). The summed E-state index contributed by atoms with van der Waals surface area (Å²) in [6, 6.07) is 10.4. The highest BCUT2D eigenvalue weighted by Gasteiger charge is 2.17. The monoisotopic (exact) mass is 219 g/mol. The van der Waals surface area contributed by atoms with E-state index in [0.717, 1.165) is 24.0 Å². The number of hydrogen-bond donors (Lipinski definition) is 0. The standard InChI is InChI=1S/C14H21NO/c1-14(2,3)15(16)12-8-7-11-13-9-5-4-6-10-13/h4-6,9-10,12H,7-8,11H2,1-3H3/b15-12+. The van der Waals surface area contributed by atoms with Crippen molar-refractivity contribution < 1.29 is 4.74 Å². The molecule has 16 heavy (non-hydrogen) atoms. The molecule has 0 saturated carbocycles. The van der Waals surface area contributed by atoms with E-state index < -0.39 is 0 Å². The fraction of sp³-hybridized carbons (Fsp3) is 0.500. The number of rotatable bonds is 4. The molecule has 2 nitrogen and oxygen atoms in total. The van der Waals surface area contributed by atoms with Gasteiger partial charge in [-0.15, -0.1) is 0 Å². The Morgan fingerprint density at radius 2 is 1.81 bits per heavy atom. The molecule has 1 aromatic carbocycles. The summed E-state index contributed by atoms with van der Waals surface area (Å²) in [7, 11) is 0. The van der Waals surface area contributed by atoms with E-state index >= 15 is 0 Å². The molecule has 0 heterocycles. The van der Waals surface area contributed by atoms with Crippen molar-refractivity contribution in [3.8, 4) is 0 Å². The van der Waals surface area contributed by atoms with Crippen molar-refractivity contribution in [2.24, 2.45) is 0 Å². The highest BCUT2D eigenvalue weighted by Crippen LogP contribution is 2.06. The van der Waals surface area contributed by atoms with Crippen LogP contribution in [-0.4, -0.2) is 16.5 Å². The first-order chi connectivity index (χ1) is 7.50. The molecule has 0 saturated heterocycles. The molecule has 88 valence electrons. The highest BCUT2D eigenvalue weighted by molar-refractivity contribution is 5.51. The van der Waals surface area contributed by atoms with Crippen LogP contribution < -0.4 is 0 Å². The zero-order valence-electron chi connectivity index (χ0n) is 10.4. The molecule has 0 aliphatic rings. The van der Waals surface area contributed by atoms with Crippen molar-refractivity contribution in [2.75, 3.05) is 0 Å². The van der Waals surface area contributed by atoms with Crippen LogP contribution in [0.3, 0.4) is 0 Å². The van der Waals surface area contributed by atoms with Crippen LogP contribution in [0, 0.1) is 5.21 Å². The smallest absolute Gasteiger partial charge is 0.164 e. The van der Waals surface area contributed by atoms with Gasteiger partial charge in [0.15, 0.2) is 11.8 Å². The Bertz CT molecular complexity index is 336. The van der Waals surface area contributed by atoms with Crippen LogP contribution in [0.5, 0.6) is 0 Å². The Morgan fingerprint density at radius 1 is 1.19 bits per heavy atom. The van der Waals surface area contributed by atoms with Crippen molar-refractivity contribution in [2.45, 2.75) is 45.6 Å². The summed E-state index contributed by atoms with van der Waals surface area (Å²) in [5, 5.41) is 11.5. The summed E-state index contributed by atoms with van der Waals surface area (Å²) in [5.41, 5.74) is 1.02. The van der Waals surface area contributed by atoms with Gasteiger partial charge in [-0.3, -0.25) is 0 Å². The maximum absolute atomic E-state index is 11.5. The zero-order chi connectivity index (χ0) is 12.0. The van der Waals surface area contributed by atoms with E-state index in [4.69, 9.17) is 0 Å². The minimum atomic E-state index is -0.313. The molecule has 0 amide bonds. The number of aryl methyl sites for hydroxylation is 1. The number of benzene rings is 1. The lowest BCUT2D eigenvalue weighted by Gasteiger charge is -2.18. The fourth-order valence-electron chi connectivity index (χ4n) is 1.43. The maximum Gasteiger partial charge on any atom is 0.164 e.